The van der Waals surface area contributed by atoms with E-state index in [9.17, 15) is 0 Å². The van der Waals surface area contributed by atoms with Gasteiger partial charge in [-0.05, 0) is 29.8 Å². The van der Waals surface area contributed by atoms with Crippen LogP contribution in [-0.4, -0.2) is 15.0 Å². The number of anilines is 3. The van der Waals surface area contributed by atoms with Crippen LogP contribution in [0.2, 0.25) is 10.0 Å². The lowest BCUT2D eigenvalue weighted by atomic mass is 10.3. The summed E-state index contributed by atoms with van der Waals surface area (Å²) in [6, 6.07) is 11.0. The zero-order chi connectivity index (χ0) is 16.1. The van der Waals surface area contributed by atoms with Crippen molar-refractivity contribution in [1.29, 1.82) is 0 Å². The van der Waals surface area contributed by atoms with Crippen LogP contribution in [-0.2, 0) is 6.54 Å². The van der Waals surface area contributed by atoms with E-state index in [1.54, 1.807) is 30.7 Å². The average Bonchev–Trinajstić information content (AvgIpc) is 2.59. The summed E-state index contributed by atoms with van der Waals surface area (Å²) in [4.78, 5) is 12.7. The molecule has 0 unspecified atom stereocenters. The van der Waals surface area contributed by atoms with E-state index in [1.807, 2.05) is 24.3 Å². The number of nitrogens with zero attached hydrogens (tertiary/aromatic N) is 3. The third kappa shape index (κ3) is 4.09. The van der Waals surface area contributed by atoms with Gasteiger partial charge in [0.05, 0.1) is 15.7 Å². The van der Waals surface area contributed by atoms with Crippen molar-refractivity contribution in [2.24, 2.45) is 0 Å². The third-order valence-corrected chi connectivity index (χ3v) is 3.86. The van der Waals surface area contributed by atoms with E-state index in [-0.39, 0.29) is 0 Å². The molecular formula is C16H13Cl2N5. The molecule has 0 fully saturated rings. The normalized spacial score (nSPS) is 10.3. The first kappa shape index (κ1) is 15.5. The summed E-state index contributed by atoms with van der Waals surface area (Å²) >= 11 is 12.2. The first-order valence-electron chi connectivity index (χ1n) is 6.89. The van der Waals surface area contributed by atoms with Gasteiger partial charge in [-0.3, -0.25) is 4.98 Å². The Hall–Kier alpha value is -2.37. The molecular weight excluding hydrogens is 333 g/mol. The maximum Gasteiger partial charge on any atom is 0.224 e. The second-order valence-corrected chi connectivity index (χ2v) is 5.49. The molecule has 0 radical (unpaired) electrons. The molecule has 23 heavy (non-hydrogen) atoms. The van der Waals surface area contributed by atoms with Gasteiger partial charge < -0.3 is 10.6 Å². The van der Waals surface area contributed by atoms with Gasteiger partial charge in [0.1, 0.15) is 5.82 Å². The second kappa shape index (κ2) is 7.26. The number of pyridine rings is 1. The zero-order valence-corrected chi connectivity index (χ0v) is 13.5. The molecule has 0 saturated carbocycles. The summed E-state index contributed by atoms with van der Waals surface area (Å²) in [6.45, 7) is 0.592. The Morgan fingerprint density at radius 3 is 2.74 bits per heavy atom. The molecule has 0 aliphatic heterocycles. The maximum atomic E-state index is 6.16. The van der Waals surface area contributed by atoms with Gasteiger partial charge in [-0.1, -0.05) is 35.3 Å². The fraction of sp³-hybridized carbons (Fsp3) is 0.0625. The highest BCUT2D eigenvalue weighted by molar-refractivity contribution is 6.43. The third-order valence-electron chi connectivity index (χ3n) is 3.04. The number of aromatic nitrogens is 3. The quantitative estimate of drug-likeness (QED) is 0.710. The van der Waals surface area contributed by atoms with Crippen LogP contribution in [0.4, 0.5) is 17.5 Å². The molecule has 0 spiro atoms. The largest absolute Gasteiger partial charge is 0.350 e. The number of benzene rings is 1. The van der Waals surface area contributed by atoms with Gasteiger partial charge in [0, 0.05) is 25.1 Å². The summed E-state index contributed by atoms with van der Waals surface area (Å²) in [5.41, 5.74) is 1.74. The van der Waals surface area contributed by atoms with Crippen LogP contribution in [0.15, 0.2) is 55.0 Å². The second-order valence-electron chi connectivity index (χ2n) is 4.71. The first-order valence-corrected chi connectivity index (χ1v) is 7.65. The minimum atomic E-state index is 0.456. The van der Waals surface area contributed by atoms with Crippen molar-refractivity contribution < 1.29 is 0 Å². The molecule has 7 heteroatoms. The van der Waals surface area contributed by atoms with Gasteiger partial charge in [-0.15, -0.1) is 0 Å². The zero-order valence-electron chi connectivity index (χ0n) is 12.0. The molecule has 1 aromatic carbocycles. The minimum Gasteiger partial charge on any atom is -0.350 e. The molecule has 5 nitrogen and oxygen atoms in total. The fourth-order valence-electron chi connectivity index (χ4n) is 1.94. The lowest BCUT2D eigenvalue weighted by molar-refractivity contribution is 1.04. The summed E-state index contributed by atoms with van der Waals surface area (Å²) < 4.78 is 0. The van der Waals surface area contributed by atoms with Gasteiger partial charge in [0.25, 0.3) is 0 Å². The molecule has 0 atom stereocenters. The van der Waals surface area contributed by atoms with Gasteiger partial charge in [-0.25, -0.2) is 4.98 Å². The van der Waals surface area contributed by atoms with Crippen LogP contribution in [0.25, 0.3) is 0 Å². The highest BCUT2D eigenvalue weighted by Gasteiger charge is 2.06. The summed E-state index contributed by atoms with van der Waals surface area (Å²) in [7, 11) is 0. The van der Waals surface area contributed by atoms with Gasteiger partial charge in [-0.2, -0.15) is 4.98 Å². The minimum absolute atomic E-state index is 0.456. The van der Waals surface area contributed by atoms with E-state index in [1.165, 1.54) is 0 Å². The average molecular weight is 346 g/mol. The summed E-state index contributed by atoms with van der Waals surface area (Å²) in [5, 5.41) is 7.23. The van der Waals surface area contributed by atoms with E-state index < -0.39 is 0 Å². The van der Waals surface area contributed by atoms with Crippen LogP contribution in [0.1, 0.15) is 5.56 Å². The summed E-state index contributed by atoms with van der Waals surface area (Å²) in [5.74, 6) is 1.13. The smallest absolute Gasteiger partial charge is 0.224 e. The van der Waals surface area contributed by atoms with E-state index in [4.69, 9.17) is 23.2 Å². The molecule has 0 bridgehead atoms. The van der Waals surface area contributed by atoms with Crippen LogP contribution < -0.4 is 10.6 Å². The van der Waals surface area contributed by atoms with Crippen molar-refractivity contribution in [3.63, 3.8) is 0 Å². The van der Waals surface area contributed by atoms with Crippen LogP contribution in [0, 0.1) is 0 Å². The molecule has 2 heterocycles. The van der Waals surface area contributed by atoms with Crippen molar-refractivity contribution >= 4 is 40.7 Å². The van der Waals surface area contributed by atoms with Crippen molar-refractivity contribution in [2.45, 2.75) is 6.54 Å². The standard InChI is InChI=1S/C16H13Cl2N5/c17-12-4-1-5-13(15(12)18)22-14-6-8-20-16(23-14)21-10-11-3-2-7-19-9-11/h1-9H,10H2,(H2,20,21,22,23). The van der Waals surface area contributed by atoms with Crippen molar-refractivity contribution in [2.75, 3.05) is 10.6 Å². The Bertz CT molecular complexity index is 795. The molecule has 0 amide bonds. The Kier molecular flexibility index (Phi) is 4.90. The lowest BCUT2D eigenvalue weighted by Crippen LogP contribution is -2.05. The number of hydrogen-bond donors (Lipinski definition) is 2. The number of halogens is 2. The Balaban J connectivity index is 1.71. The molecule has 0 aliphatic rings. The van der Waals surface area contributed by atoms with Crippen LogP contribution in [0.5, 0.6) is 0 Å². The Morgan fingerprint density at radius 1 is 1.00 bits per heavy atom. The Labute approximate surface area is 143 Å². The molecule has 3 rings (SSSR count). The van der Waals surface area contributed by atoms with Gasteiger partial charge >= 0.3 is 0 Å². The number of hydrogen-bond acceptors (Lipinski definition) is 5. The van der Waals surface area contributed by atoms with E-state index >= 15 is 0 Å². The molecule has 116 valence electrons. The Morgan fingerprint density at radius 2 is 1.91 bits per heavy atom. The van der Waals surface area contributed by atoms with E-state index in [2.05, 4.69) is 25.6 Å². The van der Waals surface area contributed by atoms with Gasteiger partial charge in [0.15, 0.2) is 0 Å². The topological polar surface area (TPSA) is 62.7 Å². The molecule has 3 aromatic rings. The SMILES string of the molecule is Clc1cccc(Nc2ccnc(NCc3cccnc3)n2)c1Cl. The highest BCUT2D eigenvalue weighted by atomic mass is 35.5. The van der Waals surface area contributed by atoms with E-state index in [0.29, 0.717) is 34.0 Å². The van der Waals surface area contributed by atoms with E-state index in [0.717, 1.165) is 5.56 Å². The maximum absolute atomic E-state index is 6.16. The van der Waals surface area contributed by atoms with Crippen molar-refractivity contribution in [3.05, 3.63) is 70.6 Å². The first-order chi connectivity index (χ1) is 11.2. The molecule has 0 aliphatic carbocycles. The van der Waals surface area contributed by atoms with Crippen LogP contribution >= 0.6 is 23.2 Å². The fourth-order valence-corrected chi connectivity index (χ4v) is 2.28. The summed E-state index contributed by atoms with van der Waals surface area (Å²) in [6.07, 6.45) is 5.19. The molecule has 2 N–H and O–H groups in total. The molecule has 2 aromatic heterocycles. The predicted octanol–water partition coefficient (Wildman–Crippen LogP) is 4.53. The predicted molar refractivity (Wildman–Crippen MR) is 93.3 cm³/mol. The number of nitrogens with one attached hydrogen (secondary N) is 2. The monoisotopic (exact) mass is 345 g/mol. The van der Waals surface area contributed by atoms with Crippen molar-refractivity contribution in [3.8, 4) is 0 Å². The van der Waals surface area contributed by atoms with Gasteiger partial charge in [0.2, 0.25) is 5.95 Å². The molecule has 0 saturated heterocycles. The highest BCUT2D eigenvalue weighted by Crippen LogP contribution is 2.31. The lowest BCUT2D eigenvalue weighted by Gasteiger charge is -2.10. The van der Waals surface area contributed by atoms with Crippen molar-refractivity contribution in [1.82, 2.24) is 15.0 Å². The number of rotatable bonds is 5. The van der Waals surface area contributed by atoms with Crippen LogP contribution in [0.3, 0.4) is 0 Å².